The quantitative estimate of drug-likeness (QED) is 0.852. The largest absolute Gasteiger partial charge is 0.475 e. The summed E-state index contributed by atoms with van der Waals surface area (Å²) in [6.07, 6.45) is 0. The summed E-state index contributed by atoms with van der Waals surface area (Å²) in [5.41, 5.74) is 0.757. The normalized spacial score (nSPS) is 11.4. The molecule has 1 aromatic carbocycles. The summed E-state index contributed by atoms with van der Waals surface area (Å²) < 4.78 is 31.8. The molecule has 0 saturated carbocycles. The molecule has 8 heteroatoms. The first-order chi connectivity index (χ1) is 9.38. The van der Waals surface area contributed by atoms with Crippen LogP contribution in [-0.2, 0) is 16.6 Å². The van der Waals surface area contributed by atoms with E-state index in [0.717, 1.165) is 22.2 Å². The van der Waals surface area contributed by atoms with Gasteiger partial charge in [0.25, 0.3) is 10.0 Å². The summed E-state index contributed by atoms with van der Waals surface area (Å²) in [6, 6.07) is 9.33. The summed E-state index contributed by atoms with van der Waals surface area (Å²) in [4.78, 5) is 10.6. The lowest BCUT2D eigenvalue weighted by Gasteiger charge is -2.04. The van der Waals surface area contributed by atoms with Gasteiger partial charge in [-0.1, -0.05) is 28.1 Å². The van der Waals surface area contributed by atoms with Crippen LogP contribution in [0, 0.1) is 0 Å². The minimum atomic E-state index is -3.88. The Balaban J connectivity index is 2.12. The van der Waals surface area contributed by atoms with Gasteiger partial charge in [0.1, 0.15) is 0 Å². The molecule has 20 heavy (non-hydrogen) atoms. The van der Waals surface area contributed by atoms with Gasteiger partial charge in [-0.2, -0.15) is 0 Å². The van der Waals surface area contributed by atoms with Crippen molar-refractivity contribution in [3.63, 3.8) is 0 Å². The summed E-state index contributed by atoms with van der Waals surface area (Å²) in [5, 5.41) is 8.26. The number of hydrogen-bond acceptors (Lipinski definition) is 4. The van der Waals surface area contributed by atoms with Crippen LogP contribution in [0.4, 0.5) is 0 Å². The Morgan fingerprint density at radius 3 is 2.65 bits per heavy atom. The first-order valence-electron chi connectivity index (χ1n) is 5.46. The Kier molecular flexibility index (Phi) is 4.26. The lowest BCUT2D eigenvalue weighted by Crippen LogP contribution is -2.22. The van der Waals surface area contributed by atoms with E-state index in [2.05, 4.69) is 20.7 Å². The predicted molar refractivity (Wildman–Crippen MR) is 73.8 cm³/mol. The number of sulfonamides is 1. The number of aromatic carboxylic acids is 1. The zero-order valence-corrected chi connectivity index (χ0v) is 12.4. The molecule has 0 unspecified atom stereocenters. The molecule has 2 N–H and O–H groups in total. The molecule has 2 aromatic rings. The monoisotopic (exact) mass is 359 g/mol. The maximum atomic E-state index is 11.9. The first kappa shape index (κ1) is 14.8. The van der Waals surface area contributed by atoms with Crippen LogP contribution < -0.4 is 4.72 Å². The first-order valence-corrected chi connectivity index (χ1v) is 7.73. The Morgan fingerprint density at radius 2 is 2.05 bits per heavy atom. The van der Waals surface area contributed by atoms with Gasteiger partial charge in [0.15, 0.2) is 0 Å². The van der Waals surface area contributed by atoms with Crippen LogP contribution >= 0.6 is 15.9 Å². The topological polar surface area (TPSA) is 96.6 Å². The smallest absolute Gasteiger partial charge is 0.371 e. The fourth-order valence-corrected chi connectivity index (χ4v) is 2.87. The lowest BCUT2D eigenvalue weighted by molar-refractivity contribution is 0.0656. The number of hydrogen-bond donors (Lipinski definition) is 2. The molecule has 1 heterocycles. The van der Waals surface area contributed by atoms with Gasteiger partial charge >= 0.3 is 5.97 Å². The highest BCUT2D eigenvalue weighted by molar-refractivity contribution is 9.10. The second kappa shape index (κ2) is 5.78. The number of carboxylic acid groups (broad SMARTS) is 1. The highest BCUT2D eigenvalue weighted by Crippen LogP contribution is 2.15. The van der Waals surface area contributed by atoms with Crippen molar-refractivity contribution < 1.29 is 22.7 Å². The van der Waals surface area contributed by atoms with Gasteiger partial charge in [-0.15, -0.1) is 0 Å². The molecule has 0 aliphatic heterocycles. The van der Waals surface area contributed by atoms with Gasteiger partial charge < -0.3 is 9.52 Å². The average Bonchev–Trinajstić information content (AvgIpc) is 2.87. The van der Waals surface area contributed by atoms with E-state index in [4.69, 9.17) is 9.52 Å². The number of nitrogens with one attached hydrogen (secondary N) is 1. The van der Waals surface area contributed by atoms with Gasteiger partial charge in [0.05, 0.1) is 0 Å². The van der Waals surface area contributed by atoms with Gasteiger partial charge in [-0.3, -0.25) is 0 Å². The van der Waals surface area contributed by atoms with Crippen molar-refractivity contribution in [1.29, 1.82) is 0 Å². The van der Waals surface area contributed by atoms with Crippen molar-refractivity contribution in [1.82, 2.24) is 4.72 Å². The second-order valence-corrected chi connectivity index (χ2v) is 6.49. The van der Waals surface area contributed by atoms with E-state index in [1.807, 2.05) is 6.07 Å². The molecule has 0 aliphatic rings. The molecule has 0 fully saturated rings. The number of benzene rings is 1. The SMILES string of the molecule is O=C(O)c1ccc(S(=O)(=O)NCc2cccc(Br)c2)o1. The third-order valence-corrected chi connectivity index (χ3v) is 4.18. The maximum Gasteiger partial charge on any atom is 0.371 e. The van der Waals surface area contributed by atoms with Crippen molar-refractivity contribution in [3.05, 3.63) is 52.2 Å². The predicted octanol–water partition coefficient (Wildman–Crippen LogP) is 2.22. The highest BCUT2D eigenvalue weighted by Gasteiger charge is 2.20. The molecular weight excluding hydrogens is 350 g/mol. The van der Waals surface area contributed by atoms with Gasteiger partial charge in [-0.25, -0.2) is 17.9 Å². The van der Waals surface area contributed by atoms with Crippen LogP contribution in [0.5, 0.6) is 0 Å². The van der Waals surface area contributed by atoms with E-state index in [-0.39, 0.29) is 6.54 Å². The molecule has 6 nitrogen and oxygen atoms in total. The maximum absolute atomic E-state index is 11.9. The Bertz CT molecular complexity index is 738. The molecule has 0 spiro atoms. The Hall–Kier alpha value is -1.64. The van der Waals surface area contributed by atoms with Crippen molar-refractivity contribution in [2.75, 3.05) is 0 Å². The van der Waals surface area contributed by atoms with Gasteiger partial charge in [0, 0.05) is 11.0 Å². The summed E-state index contributed by atoms with van der Waals surface area (Å²) in [7, 11) is -3.88. The van der Waals surface area contributed by atoms with Crippen LogP contribution in [0.15, 0.2) is 50.4 Å². The number of furan rings is 1. The van der Waals surface area contributed by atoms with Crippen LogP contribution in [0.2, 0.25) is 0 Å². The number of halogens is 1. The van der Waals surface area contributed by atoms with E-state index in [9.17, 15) is 13.2 Å². The van der Waals surface area contributed by atoms with E-state index in [1.165, 1.54) is 0 Å². The Morgan fingerprint density at radius 1 is 1.30 bits per heavy atom. The van der Waals surface area contributed by atoms with Crippen molar-refractivity contribution >= 4 is 31.9 Å². The van der Waals surface area contributed by atoms with E-state index in [0.29, 0.717) is 0 Å². The summed E-state index contributed by atoms with van der Waals surface area (Å²) in [6.45, 7) is 0.0743. The lowest BCUT2D eigenvalue weighted by atomic mass is 10.2. The Labute approximate surface area is 123 Å². The molecule has 106 valence electrons. The van der Waals surface area contributed by atoms with Crippen LogP contribution in [0.3, 0.4) is 0 Å². The van der Waals surface area contributed by atoms with Crippen molar-refractivity contribution in [3.8, 4) is 0 Å². The minimum Gasteiger partial charge on any atom is -0.475 e. The molecule has 0 radical (unpaired) electrons. The third-order valence-electron chi connectivity index (χ3n) is 2.41. The average molecular weight is 360 g/mol. The molecule has 0 saturated heterocycles. The van der Waals surface area contributed by atoms with Crippen LogP contribution in [0.1, 0.15) is 16.1 Å². The van der Waals surface area contributed by atoms with Gasteiger partial charge in [0.2, 0.25) is 10.9 Å². The fraction of sp³-hybridized carbons (Fsp3) is 0.0833. The fourth-order valence-electron chi connectivity index (χ4n) is 1.48. The molecule has 2 rings (SSSR count). The number of carboxylic acids is 1. The van der Waals surface area contributed by atoms with Crippen LogP contribution in [-0.4, -0.2) is 19.5 Å². The van der Waals surface area contributed by atoms with Gasteiger partial charge in [-0.05, 0) is 29.8 Å². The van der Waals surface area contributed by atoms with E-state index >= 15 is 0 Å². The summed E-state index contributed by atoms with van der Waals surface area (Å²) >= 11 is 3.29. The number of carbonyl (C=O) groups is 1. The molecule has 0 atom stereocenters. The molecule has 0 bridgehead atoms. The standard InChI is InChI=1S/C12H10BrNO5S/c13-9-3-1-2-8(6-9)7-14-20(17,18)11-5-4-10(19-11)12(15)16/h1-6,14H,7H2,(H,15,16). The van der Waals surface area contributed by atoms with E-state index < -0.39 is 26.8 Å². The zero-order chi connectivity index (χ0) is 14.8. The highest BCUT2D eigenvalue weighted by atomic mass is 79.9. The van der Waals surface area contributed by atoms with Crippen LogP contribution in [0.25, 0.3) is 0 Å². The molecule has 0 aliphatic carbocycles. The van der Waals surface area contributed by atoms with E-state index in [1.54, 1.807) is 18.2 Å². The third kappa shape index (κ3) is 3.47. The molecule has 0 amide bonds. The van der Waals surface area contributed by atoms with Crippen molar-refractivity contribution in [2.45, 2.75) is 11.6 Å². The number of rotatable bonds is 5. The van der Waals surface area contributed by atoms with Crippen molar-refractivity contribution in [2.24, 2.45) is 0 Å². The minimum absolute atomic E-state index is 0.0743. The molecular formula is C12H10BrNO5S. The molecule has 1 aromatic heterocycles. The zero-order valence-electron chi connectivity index (χ0n) is 10.0. The summed E-state index contributed by atoms with van der Waals surface area (Å²) in [5.74, 6) is -1.74. The second-order valence-electron chi connectivity index (χ2n) is 3.88.